The average molecular weight is 362 g/mol. The summed E-state index contributed by atoms with van der Waals surface area (Å²) in [5.41, 5.74) is 0.891. The molecule has 2 atom stereocenters. The predicted octanol–water partition coefficient (Wildman–Crippen LogP) is 1.47. The fourth-order valence-electron chi connectivity index (χ4n) is 3.85. The maximum atomic E-state index is 13.1. The Balaban J connectivity index is 1.94. The zero-order valence-electron chi connectivity index (χ0n) is 15.6. The van der Waals surface area contributed by atoms with Crippen LogP contribution in [-0.4, -0.2) is 68.7 Å². The van der Waals surface area contributed by atoms with E-state index in [1.165, 1.54) is 0 Å². The summed E-state index contributed by atoms with van der Waals surface area (Å²) >= 11 is 0. The minimum absolute atomic E-state index is 0.0129. The SMILES string of the molecule is CCN1C(=O)C[C@@H](C(=O)N2CCOCC2)[C@@H]1c1ccc(OC)c(OC)c1. The zero-order chi connectivity index (χ0) is 18.7. The van der Waals surface area contributed by atoms with Crippen LogP contribution in [0.1, 0.15) is 24.9 Å². The van der Waals surface area contributed by atoms with E-state index in [1.807, 2.05) is 30.0 Å². The van der Waals surface area contributed by atoms with Gasteiger partial charge in [-0.25, -0.2) is 0 Å². The highest BCUT2D eigenvalue weighted by molar-refractivity contribution is 5.90. The number of morpholine rings is 1. The minimum Gasteiger partial charge on any atom is -0.493 e. The van der Waals surface area contributed by atoms with E-state index in [4.69, 9.17) is 14.2 Å². The molecule has 2 aliphatic heterocycles. The van der Waals surface area contributed by atoms with E-state index in [1.54, 1.807) is 19.1 Å². The summed E-state index contributed by atoms with van der Waals surface area (Å²) in [4.78, 5) is 29.2. The van der Waals surface area contributed by atoms with Crippen molar-refractivity contribution < 1.29 is 23.8 Å². The molecule has 0 saturated carbocycles. The highest BCUT2D eigenvalue weighted by atomic mass is 16.5. The number of methoxy groups -OCH3 is 2. The lowest BCUT2D eigenvalue weighted by atomic mass is 9.91. The van der Waals surface area contributed by atoms with Crippen LogP contribution in [-0.2, 0) is 14.3 Å². The second-order valence-electron chi connectivity index (χ2n) is 6.49. The molecule has 142 valence electrons. The van der Waals surface area contributed by atoms with Gasteiger partial charge in [-0.15, -0.1) is 0 Å². The lowest BCUT2D eigenvalue weighted by molar-refractivity contribution is -0.140. The summed E-state index contributed by atoms with van der Waals surface area (Å²) in [6.45, 7) is 4.75. The summed E-state index contributed by atoms with van der Waals surface area (Å²) in [7, 11) is 3.16. The number of amides is 2. The lowest BCUT2D eigenvalue weighted by Gasteiger charge is -2.33. The standard InChI is InChI=1S/C19H26N2O5/c1-4-21-17(22)12-14(19(23)20-7-9-26-10-8-20)18(21)13-5-6-15(24-2)16(11-13)25-3/h5-6,11,14,18H,4,7-10,12H2,1-3H3/t14-,18+/m1/s1. The maximum absolute atomic E-state index is 13.1. The van der Waals surface area contributed by atoms with Gasteiger partial charge in [0.15, 0.2) is 11.5 Å². The Morgan fingerprint density at radius 1 is 1.19 bits per heavy atom. The first kappa shape index (κ1) is 18.5. The smallest absolute Gasteiger partial charge is 0.228 e. The van der Waals surface area contributed by atoms with Crippen molar-refractivity contribution in [3.63, 3.8) is 0 Å². The number of carbonyl (C=O) groups excluding carboxylic acids is 2. The van der Waals surface area contributed by atoms with Crippen molar-refractivity contribution in [1.82, 2.24) is 9.80 Å². The van der Waals surface area contributed by atoms with Crippen molar-refractivity contribution in [2.75, 3.05) is 47.1 Å². The molecule has 0 radical (unpaired) electrons. The Hall–Kier alpha value is -2.28. The summed E-state index contributed by atoms with van der Waals surface area (Å²) in [5.74, 6) is 0.868. The van der Waals surface area contributed by atoms with E-state index in [0.29, 0.717) is 44.3 Å². The third kappa shape index (κ3) is 3.35. The topological polar surface area (TPSA) is 68.3 Å². The van der Waals surface area contributed by atoms with E-state index in [-0.39, 0.29) is 24.3 Å². The van der Waals surface area contributed by atoms with Crippen molar-refractivity contribution in [2.45, 2.75) is 19.4 Å². The van der Waals surface area contributed by atoms with E-state index in [9.17, 15) is 9.59 Å². The van der Waals surface area contributed by atoms with Crippen LogP contribution in [0, 0.1) is 5.92 Å². The number of rotatable bonds is 5. The van der Waals surface area contributed by atoms with Crippen LogP contribution in [0.2, 0.25) is 0 Å². The Morgan fingerprint density at radius 3 is 2.50 bits per heavy atom. The molecular formula is C19H26N2O5. The fourth-order valence-corrected chi connectivity index (χ4v) is 3.85. The highest BCUT2D eigenvalue weighted by Gasteiger charge is 2.45. The second kappa shape index (κ2) is 7.95. The Labute approximate surface area is 153 Å². The molecule has 7 heteroatoms. The molecule has 1 aromatic carbocycles. The molecule has 0 bridgehead atoms. The van der Waals surface area contributed by atoms with Crippen molar-refractivity contribution in [3.05, 3.63) is 23.8 Å². The third-order valence-corrected chi connectivity index (χ3v) is 5.16. The Bertz CT molecular complexity index is 672. The van der Waals surface area contributed by atoms with Crippen molar-refractivity contribution >= 4 is 11.8 Å². The van der Waals surface area contributed by atoms with E-state index in [0.717, 1.165) is 5.56 Å². The van der Waals surface area contributed by atoms with Crippen molar-refractivity contribution in [3.8, 4) is 11.5 Å². The Morgan fingerprint density at radius 2 is 1.88 bits per heavy atom. The number of nitrogens with zero attached hydrogens (tertiary/aromatic N) is 2. The normalized spacial score (nSPS) is 23.3. The summed E-state index contributed by atoms with van der Waals surface area (Å²) in [5, 5.41) is 0. The molecule has 1 aromatic rings. The van der Waals surface area contributed by atoms with Gasteiger partial charge in [0.1, 0.15) is 0 Å². The van der Waals surface area contributed by atoms with Gasteiger partial charge in [-0.1, -0.05) is 6.07 Å². The van der Waals surface area contributed by atoms with Crippen LogP contribution >= 0.6 is 0 Å². The molecule has 0 aliphatic carbocycles. The van der Waals surface area contributed by atoms with Gasteiger partial charge in [-0.3, -0.25) is 9.59 Å². The van der Waals surface area contributed by atoms with Crippen LogP contribution in [0.15, 0.2) is 18.2 Å². The molecule has 2 amide bonds. The van der Waals surface area contributed by atoms with E-state index < -0.39 is 5.92 Å². The van der Waals surface area contributed by atoms with Crippen LogP contribution < -0.4 is 9.47 Å². The van der Waals surface area contributed by atoms with Crippen LogP contribution in [0.4, 0.5) is 0 Å². The largest absolute Gasteiger partial charge is 0.493 e. The fraction of sp³-hybridized carbons (Fsp3) is 0.579. The molecule has 7 nitrogen and oxygen atoms in total. The average Bonchev–Trinajstić information content (AvgIpc) is 3.03. The van der Waals surface area contributed by atoms with Gasteiger partial charge in [0, 0.05) is 26.1 Å². The lowest BCUT2D eigenvalue weighted by Crippen LogP contribution is -2.45. The minimum atomic E-state index is -0.390. The van der Waals surface area contributed by atoms with Gasteiger partial charge in [0.25, 0.3) is 0 Å². The number of hydrogen-bond donors (Lipinski definition) is 0. The van der Waals surface area contributed by atoms with E-state index in [2.05, 4.69) is 0 Å². The van der Waals surface area contributed by atoms with E-state index >= 15 is 0 Å². The summed E-state index contributed by atoms with van der Waals surface area (Å²) < 4.78 is 16.0. The zero-order valence-corrected chi connectivity index (χ0v) is 15.6. The molecule has 3 rings (SSSR count). The molecule has 0 N–H and O–H groups in total. The monoisotopic (exact) mass is 362 g/mol. The van der Waals surface area contributed by atoms with Crippen molar-refractivity contribution in [2.24, 2.45) is 5.92 Å². The summed E-state index contributed by atoms with van der Waals surface area (Å²) in [6.07, 6.45) is 0.239. The molecule has 0 spiro atoms. The summed E-state index contributed by atoms with van der Waals surface area (Å²) in [6, 6.07) is 5.31. The first-order chi connectivity index (χ1) is 12.6. The maximum Gasteiger partial charge on any atom is 0.228 e. The number of ether oxygens (including phenoxy) is 3. The molecule has 26 heavy (non-hydrogen) atoms. The number of carbonyl (C=O) groups is 2. The third-order valence-electron chi connectivity index (χ3n) is 5.16. The molecule has 2 saturated heterocycles. The van der Waals surface area contributed by atoms with Gasteiger partial charge < -0.3 is 24.0 Å². The van der Waals surface area contributed by atoms with Crippen molar-refractivity contribution in [1.29, 1.82) is 0 Å². The van der Waals surface area contributed by atoms with Crippen LogP contribution in [0.5, 0.6) is 11.5 Å². The molecule has 0 unspecified atom stereocenters. The van der Waals surface area contributed by atoms with Gasteiger partial charge in [-0.05, 0) is 24.6 Å². The molecule has 2 aliphatic rings. The highest BCUT2D eigenvalue weighted by Crippen LogP contribution is 2.41. The molecule has 0 aromatic heterocycles. The first-order valence-corrected chi connectivity index (χ1v) is 8.98. The number of benzene rings is 1. The number of likely N-dealkylation sites (tertiary alicyclic amines) is 1. The first-order valence-electron chi connectivity index (χ1n) is 8.98. The quantitative estimate of drug-likeness (QED) is 0.794. The van der Waals surface area contributed by atoms with Crippen LogP contribution in [0.3, 0.4) is 0 Å². The predicted molar refractivity (Wildman–Crippen MR) is 95.2 cm³/mol. The van der Waals surface area contributed by atoms with Crippen LogP contribution in [0.25, 0.3) is 0 Å². The van der Waals surface area contributed by atoms with Gasteiger partial charge >= 0.3 is 0 Å². The van der Waals surface area contributed by atoms with Gasteiger partial charge in [0.05, 0.1) is 39.4 Å². The molecule has 2 fully saturated rings. The van der Waals surface area contributed by atoms with Gasteiger partial charge in [0.2, 0.25) is 11.8 Å². The second-order valence-corrected chi connectivity index (χ2v) is 6.49. The molecule has 2 heterocycles. The Kier molecular flexibility index (Phi) is 5.66. The van der Waals surface area contributed by atoms with Gasteiger partial charge in [-0.2, -0.15) is 0 Å². The number of hydrogen-bond acceptors (Lipinski definition) is 5. The molecular weight excluding hydrogens is 336 g/mol.